The molecule has 3 N–H and O–H groups in total. The second-order valence-electron chi connectivity index (χ2n) is 10.8. The molecule has 2 aliphatic heterocycles. The van der Waals surface area contributed by atoms with E-state index in [-0.39, 0.29) is 30.0 Å². The van der Waals surface area contributed by atoms with Crippen LogP contribution in [0, 0.1) is 0 Å². The molecule has 2 aromatic carbocycles. The molecule has 0 bridgehead atoms. The summed E-state index contributed by atoms with van der Waals surface area (Å²) in [6.45, 7) is 3.09. The topological polar surface area (TPSA) is 111 Å². The molecular weight excluding hydrogens is 571 g/mol. The number of aliphatic hydroxyl groups excluding tert-OH is 1. The zero-order chi connectivity index (χ0) is 30.0. The number of halogens is 3. The average Bonchev–Trinajstić information content (AvgIpc) is 3.59. The third-order valence-electron chi connectivity index (χ3n) is 7.77. The molecule has 1 saturated heterocycles. The van der Waals surface area contributed by atoms with E-state index in [9.17, 15) is 32.4 Å². The van der Waals surface area contributed by atoms with Gasteiger partial charge in [0.25, 0.3) is 5.91 Å². The summed E-state index contributed by atoms with van der Waals surface area (Å²) < 4.78 is 57.7. The molecule has 13 heteroatoms. The molecular formula is C29H34F3N5O4S. The second-order valence-corrected chi connectivity index (χ2v) is 12.1. The number of amides is 1. The van der Waals surface area contributed by atoms with Crippen LogP contribution < -0.4 is 5.32 Å². The van der Waals surface area contributed by atoms with Crippen molar-refractivity contribution < 1.29 is 32.4 Å². The molecule has 9 nitrogen and oxygen atoms in total. The van der Waals surface area contributed by atoms with Crippen molar-refractivity contribution in [2.24, 2.45) is 0 Å². The minimum absolute atomic E-state index is 0.0320. The summed E-state index contributed by atoms with van der Waals surface area (Å²) in [5, 5.41) is 27.6. The van der Waals surface area contributed by atoms with E-state index < -0.39 is 34.7 Å². The van der Waals surface area contributed by atoms with Gasteiger partial charge in [0.05, 0.1) is 34.9 Å². The number of aliphatic hydroxyl groups is 1. The number of benzene rings is 2. The van der Waals surface area contributed by atoms with Crippen LogP contribution in [-0.2, 0) is 43.2 Å². The molecule has 3 heterocycles. The first kappa shape index (κ1) is 30.2. The van der Waals surface area contributed by atoms with E-state index in [0.717, 1.165) is 43.3 Å². The predicted molar refractivity (Wildman–Crippen MR) is 152 cm³/mol. The lowest BCUT2D eigenvalue weighted by atomic mass is 9.97. The smallest absolute Gasteiger partial charge is 0.416 e. The van der Waals surface area contributed by atoms with Crippen molar-refractivity contribution >= 4 is 16.9 Å². The predicted octanol–water partition coefficient (Wildman–Crippen LogP) is 3.31. The quantitative estimate of drug-likeness (QED) is 0.345. The highest BCUT2D eigenvalue weighted by atomic mass is 32.2. The average molecular weight is 606 g/mol. The van der Waals surface area contributed by atoms with Crippen molar-refractivity contribution in [2.45, 2.75) is 51.2 Å². The van der Waals surface area contributed by atoms with Crippen LogP contribution in [0.2, 0.25) is 0 Å². The Labute approximate surface area is 244 Å². The highest BCUT2D eigenvalue weighted by Crippen LogP contribution is 2.36. The van der Waals surface area contributed by atoms with Crippen molar-refractivity contribution in [3.63, 3.8) is 0 Å². The van der Waals surface area contributed by atoms with Crippen LogP contribution in [-0.4, -0.2) is 77.9 Å². The maximum absolute atomic E-state index is 14.0. The van der Waals surface area contributed by atoms with E-state index in [1.165, 1.54) is 36.4 Å². The van der Waals surface area contributed by atoms with Crippen molar-refractivity contribution in [3.8, 4) is 17.0 Å². The van der Waals surface area contributed by atoms with Crippen LogP contribution in [0.3, 0.4) is 0 Å². The lowest BCUT2D eigenvalue weighted by Crippen LogP contribution is -2.35. The zero-order valence-corrected chi connectivity index (χ0v) is 24.0. The number of carbonyl (C=O) groups excluding carboxylic acids is 1. The van der Waals surface area contributed by atoms with Gasteiger partial charge in [0.2, 0.25) is 0 Å². The number of nitrogens with one attached hydrogen (secondary N) is 1. The largest absolute Gasteiger partial charge is 0.508 e. The summed E-state index contributed by atoms with van der Waals surface area (Å²) in [5.41, 5.74) is 1.74. The number of aromatic hydroxyl groups is 1. The molecule has 5 rings (SSSR count). The van der Waals surface area contributed by atoms with Gasteiger partial charge in [0.15, 0.2) is 0 Å². The van der Waals surface area contributed by atoms with Crippen LogP contribution in [0.5, 0.6) is 5.75 Å². The fourth-order valence-electron chi connectivity index (χ4n) is 5.64. The molecule has 2 unspecified atom stereocenters. The number of hydrogen-bond donors (Lipinski definition) is 3. The van der Waals surface area contributed by atoms with Gasteiger partial charge in [-0.1, -0.05) is 6.07 Å². The summed E-state index contributed by atoms with van der Waals surface area (Å²) in [7, 11) is -1.25. The van der Waals surface area contributed by atoms with Gasteiger partial charge >= 0.3 is 6.18 Å². The Morgan fingerprint density at radius 3 is 2.48 bits per heavy atom. The van der Waals surface area contributed by atoms with Crippen molar-refractivity contribution in [3.05, 3.63) is 70.4 Å². The van der Waals surface area contributed by atoms with Crippen molar-refractivity contribution in [2.75, 3.05) is 32.4 Å². The molecule has 3 aromatic rings. The first-order chi connectivity index (χ1) is 20.0. The molecule has 42 heavy (non-hydrogen) atoms. The van der Waals surface area contributed by atoms with E-state index in [1.807, 2.05) is 0 Å². The number of alkyl halides is 3. The van der Waals surface area contributed by atoms with Gasteiger partial charge < -0.3 is 20.4 Å². The lowest BCUT2D eigenvalue weighted by molar-refractivity contribution is -0.138. The van der Waals surface area contributed by atoms with E-state index in [1.54, 1.807) is 15.2 Å². The van der Waals surface area contributed by atoms with Crippen LogP contribution >= 0.6 is 0 Å². The molecule has 1 fully saturated rings. The number of phenolic OH excluding ortho intramolecular Hbond substituents is 1. The third-order valence-corrected chi connectivity index (χ3v) is 8.81. The minimum Gasteiger partial charge on any atom is -0.508 e. The van der Waals surface area contributed by atoms with E-state index in [4.69, 9.17) is 5.10 Å². The highest BCUT2D eigenvalue weighted by molar-refractivity contribution is 7.81. The van der Waals surface area contributed by atoms with Crippen LogP contribution in [0.15, 0.2) is 42.5 Å². The van der Waals surface area contributed by atoms with Crippen molar-refractivity contribution in [1.29, 1.82) is 0 Å². The fourth-order valence-corrected chi connectivity index (χ4v) is 6.30. The molecule has 1 aromatic heterocycles. The van der Waals surface area contributed by atoms with Crippen molar-refractivity contribution in [1.82, 2.24) is 24.3 Å². The molecule has 0 spiro atoms. The summed E-state index contributed by atoms with van der Waals surface area (Å²) in [6, 6.07) is 9.15. The number of likely N-dealkylation sites (tertiary alicyclic amines) is 1. The molecule has 2 aliphatic rings. The highest BCUT2D eigenvalue weighted by Gasteiger charge is 2.34. The lowest BCUT2D eigenvalue weighted by Gasteiger charge is -2.26. The molecule has 0 saturated carbocycles. The number of nitrogens with zero attached hydrogens (tertiary/aromatic N) is 4. The Kier molecular flexibility index (Phi) is 9.02. The van der Waals surface area contributed by atoms with Gasteiger partial charge in [-0.05, 0) is 67.9 Å². The number of fused-ring (bicyclic) bond motifs is 1. The molecule has 2 atom stereocenters. The Morgan fingerprint density at radius 1 is 1.10 bits per heavy atom. The van der Waals surface area contributed by atoms with E-state index >= 15 is 0 Å². The Balaban J connectivity index is 1.46. The summed E-state index contributed by atoms with van der Waals surface area (Å²) in [5.74, 6) is -0.612. The number of aromatic nitrogens is 2. The minimum atomic E-state index is -4.65. The first-order valence-corrected chi connectivity index (χ1v) is 15.4. The fraction of sp³-hybridized carbons (Fsp3) is 0.448. The first-order valence-electron chi connectivity index (χ1n) is 13.8. The Morgan fingerprint density at radius 2 is 1.81 bits per heavy atom. The number of phenols is 1. The Hall–Kier alpha value is -3.26. The molecule has 0 radical (unpaired) electrons. The van der Waals surface area contributed by atoms with Gasteiger partial charge in [0, 0.05) is 61.2 Å². The molecule has 1 amide bonds. The van der Waals surface area contributed by atoms with Gasteiger partial charge in [-0.2, -0.15) is 18.3 Å². The normalized spacial score (nSPS) is 17.6. The maximum atomic E-state index is 14.0. The van der Waals surface area contributed by atoms with Crippen LogP contribution in [0.25, 0.3) is 11.3 Å². The van der Waals surface area contributed by atoms with Gasteiger partial charge in [0.1, 0.15) is 5.75 Å². The monoisotopic (exact) mass is 605 g/mol. The maximum Gasteiger partial charge on any atom is 0.416 e. The van der Waals surface area contributed by atoms with Gasteiger partial charge in [-0.25, -0.2) is 8.51 Å². The van der Waals surface area contributed by atoms with E-state index in [0.29, 0.717) is 37.3 Å². The standard InChI is InChI=1S/C29H34F3N5O4S/c1-42(41)36-13-10-26-24(18-36)27(34-37(26)17-23(39)16-35-11-2-3-12-35)20-6-9-25(29(30,31)32)21(14-20)15-33-28(40)19-4-7-22(38)8-5-19/h4-9,14,23,38-39H,2-3,10-13,15-18H2,1H3,(H,33,40). The number of hydrogen-bond acceptors (Lipinski definition) is 6. The molecule has 0 aliphatic carbocycles. The summed E-state index contributed by atoms with van der Waals surface area (Å²) in [4.78, 5) is 14.8. The Bertz CT molecular complexity index is 1450. The van der Waals surface area contributed by atoms with E-state index in [2.05, 4.69) is 10.2 Å². The summed E-state index contributed by atoms with van der Waals surface area (Å²) in [6.07, 6.45) is -0.994. The number of rotatable bonds is 9. The van der Waals surface area contributed by atoms with Gasteiger partial charge in [-0.3, -0.25) is 9.48 Å². The SMILES string of the molecule is CS(=O)N1CCc2c(c(-c3ccc(C(F)(F)F)c(CNC(=O)c4ccc(O)cc4)c3)nn2CC(O)CN2CCCC2)C1. The zero-order valence-electron chi connectivity index (χ0n) is 23.2. The third kappa shape index (κ3) is 6.86. The van der Waals surface area contributed by atoms with Gasteiger partial charge in [-0.15, -0.1) is 0 Å². The number of β-amino-alcohol motifs (C(OH)–C–C–N with tert-alkyl or cyclic N) is 1. The second kappa shape index (κ2) is 12.5. The number of carbonyl (C=O) groups is 1. The van der Waals surface area contributed by atoms with Crippen LogP contribution in [0.1, 0.15) is 45.6 Å². The van der Waals surface area contributed by atoms with Crippen LogP contribution in [0.4, 0.5) is 13.2 Å². The molecule has 226 valence electrons. The summed E-state index contributed by atoms with van der Waals surface area (Å²) >= 11 is 0.